The molecule has 0 spiro atoms. The third-order valence-corrected chi connectivity index (χ3v) is 10.1. The van der Waals surface area contributed by atoms with E-state index in [2.05, 4.69) is 61.6 Å². The average Bonchev–Trinajstić information content (AvgIpc) is 3.16. The fraction of sp³-hybridized carbons (Fsp3) is 0.739. The number of allylic oxidation sites excluding steroid dienone is 10. The Balaban J connectivity index is 4.48. The lowest BCUT2D eigenvalue weighted by Gasteiger charge is -2.24. The molecule has 0 saturated carbocycles. The van der Waals surface area contributed by atoms with E-state index in [4.69, 9.17) is 23.6 Å². The van der Waals surface area contributed by atoms with Gasteiger partial charge in [-0.05, 0) is 83.5 Å². The number of hydrogen-bond donors (Lipinski definition) is 2. The van der Waals surface area contributed by atoms with Gasteiger partial charge in [0.05, 0.1) is 27.7 Å². The fourth-order valence-electron chi connectivity index (χ4n) is 5.57. The molecular weight excluding hydrogens is 741 g/mol. The molecule has 10 nitrogen and oxygen atoms in total. The molecule has 0 fully saturated rings. The molecule has 1 unspecified atom stereocenters. The van der Waals surface area contributed by atoms with Crippen LogP contribution in [-0.2, 0) is 32.7 Å². The highest BCUT2D eigenvalue weighted by Crippen LogP contribution is 2.43. The van der Waals surface area contributed by atoms with Gasteiger partial charge in [-0.1, -0.05) is 125 Å². The van der Waals surface area contributed by atoms with Crippen LogP contribution in [0.25, 0.3) is 0 Å². The van der Waals surface area contributed by atoms with Gasteiger partial charge in [0.25, 0.3) is 0 Å². The largest absolute Gasteiger partial charge is 0.472 e. The minimum absolute atomic E-state index is 0.0130. The normalized spacial score (nSPS) is 14.1. The molecule has 0 aliphatic heterocycles. The second kappa shape index (κ2) is 39.1. The lowest BCUT2D eigenvalue weighted by atomic mass is 10.1. The van der Waals surface area contributed by atoms with Gasteiger partial charge in [0.15, 0.2) is 6.10 Å². The van der Waals surface area contributed by atoms with E-state index in [0.29, 0.717) is 30.3 Å². The van der Waals surface area contributed by atoms with Crippen LogP contribution in [0, 0.1) is 0 Å². The molecule has 330 valence electrons. The van der Waals surface area contributed by atoms with Crippen molar-refractivity contribution in [3.63, 3.8) is 0 Å². The van der Waals surface area contributed by atoms with Crippen LogP contribution >= 0.6 is 7.82 Å². The first-order valence-electron chi connectivity index (χ1n) is 22.1. The number of aliphatic hydroxyl groups excluding tert-OH is 1. The third kappa shape index (κ3) is 43.1. The van der Waals surface area contributed by atoms with Crippen molar-refractivity contribution < 1.29 is 47.2 Å². The number of ether oxygens (including phenoxy) is 2. The zero-order valence-electron chi connectivity index (χ0n) is 36.5. The van der Waals surface area contributed by atoms with Gasteiger partial charge < -0.3 is 24.0 Å². The van der Waals surface area contributed by atoms with Gasteiger partial charge in [-0.25, -0.2) is 4.57 Å². The van der Waals surface area contributed by atoms with E-state index in [0.717, 1.165) is 77.0 Å². The lowest BCUT2D eigenvalue weighted by Crippen LogP contribution is -2.37. The molecule has 0 aliphatic rings. The Morgan fingerprint density at radius 3 is 1.58 bits per heavy atom. The number of carbonyl (C=O) groups is 2. The first-order chi connectivity index (χ1) is 27.5. The highest BCUT2D eigenvalue weighted by atomic mass is 31.2. The molecule has 0 aromatic heterocycles. The fourth-order valence-corrected chi connectivity index (χ4v) is 6.31. The van der Waals surface area contributed by atoms with E-state index < -0.39 is 32.5 Å². The number of likely N-dealkylation sites (N-methyl/N-ethyl adjacent to an activating group) is 1. The number of nitrogens with zero attached hydrogens (tertiary/aromatic N) is 1. The van der Waals surface area contributed by atoms with E-state index in [-0.39, 0.29) is 32.7 Å². The molecule has 0 saturated heterocycles. The average molecular weight is 825 g/mol. The Labute approximate surface area is 348 Å². The molecule has 0 radical (unpaired) electrons. The Kier molecular flexibility index (Phi) is 37.5. The zero-order chi connectivity index (χ0) is 42.1. The smallest absolute Gasteiger partial charge is 0.462 e. The molecule has 0 bridgehead atoms. The van der Waals surface area contributed by atoms with Crippen molar-refractivity contribution in [3.05, 3.63) is 60.8 Å². The van der Waals surface area contributed by atoms with Crippen molar-refractivity contribution in [1.29, 1.82) is 0 Å². The minimum atomic E-state index is -4.40. The Bertz CT molecular complexity index is 1160. The number of hydrogen-bond acceptors (Lipinski definition) is 8. The molecule has 0 aliphatic carbocycles. The van der Waals surface area contributed by atoms with Crippen molar-refractivity contribution >= 4 is 19.8 Å². The molecule has 0 heterocycles. The van der Waals surface area contributed by atoms with Gasteiger partial charge in [0, 0.05) is 19.4 Å². The number of phosphoric ester groups is 1. The van der Waals surface area contributed by atoms with Gasteiger partial charge in [-0.15, -0.1) is 0 Å². The van der Waals surface area contributed by atoms with Crippen LogP contribution in [0.4, 0.5) is 0 Å². The van der Waals surface area contributed by atoms with Gasteiger partial charge in [-0.3, -0.25) is 18.6 Å². The van der Waals surface area contributed by atoms with Crippen LogP contribution < -0.4 is 0 Å². The number of rotatable bonds is 40. The summed E-state index contributed by atoms with van der Waals surface area (Å²) < 4.78 is 34.2. The van der Waals surface area contributed by atoms with Gasteiger partial charge >= 0.3 is 19.8 Å². The molecule has 0 aromatic carbocycles. The molecule has 0 amide bonds. The van der Waals surface area contributed by atoms with Crippen LogP contribution in [-0.4, -0.2) is 86.6 Å². The van der Waals surface area contributed by atoms with Crippen molar-refractivity contribution in [1.82, 2.24) is 0 Å². The van der Waals surface area contributed by atoms with Crippen LogP contribution in [0.3, 0.4) is 0 Å². The molecule has 0 aromatic rings. The maximum absolute atomic E-state index is 12.7. The summed E-state index contributed by atoms with van der Waals surface area (Å²) in [6.45, 7) is 2.33. The summed E-state index contributed by atoms with van der Waals surface area (Å²) in [6.07, 6.45) is 44.3. The first-order valence-corrected chi connectivity index (χ1v) is 23.6. The minimum Gasteiger partial charge on any atom is -0.462 e. The summed E-state index contributed by atoms with van der Waals surface area (Å²) >= 11 is 0. The predicted octanol–water partition coefficient (Wildman–Crippen LogP) is 11.4. The Morgan fingerprint density at radius 2 is 1.04 bits per heavy atom. The third-order valence-electron chi connectivity index (χ3n) is 9.07. The summed E-state index contributed by atoms with van der Waals surface area (Å²) in [6, 6.07) is 0. The monoisotopic (exact) mass is 825 g/mol. The SMILES string of the molecule is CCCCCCCC/C=C\CCCCCCCC(=O)OC[C@H](COP(=O)(O)OCC[N+](C)(C)C)OC(=O)CCC/C=C\C/C=C\C/C=C\C/C=C\CCCCCO. The zero-order valence-corrected chi connectivity index (χ0v) is 37.4. The standard InChI is InChI=1S/C46H82NO9P/c1-5-6-7-8-9-10-11-12-16-19-22-25-28-31-34-37-45(49)53-42-44(43-55-57(51,52)54-41-39-47(2,3)4)56-46(50)38-35-32-29-26-23-20-17-14-13-15-18-21-24-27-30-33-36-40-48/h12-13,15-17,20-21,24,26,29,44,48H,5-11,14,18-19,22-23,25,27-28,30-43H2,1-4H3/p+1/b15-13-,16-12-,20-17-,24-21-,29-26-/t44-/m1/s1. The van der Waals surface area contributed by atoms with Crippen LogP contribution in [0.1, 0.15) is 161 Å². The summed E-state index contributed by atoms with van der Waals surface area (Å²) in [7, 11) is 1.41. The topological polar surface area (TPSA) is 129 Å². The lowest BCUT2D eigenvalue weighted by molar-refractivity contribution is -0.870. The maximum atomic E-state index is 12.7. The number of quaternary nitrogens is 1. The highest BCUT2D eigenvalue weighted by molar-refractivity contribution is 7.47. The Hall–Kier alpha value is -2.33. The first kappa shape index (κ1) is 54.7. The van der Waals surface area contributed by atoms with Crippen LogP contribution in [0.5, 0.6) is 0 Å². The molecular formula is C46H83NO9P+. The Morgan fingerprint density at radius 1 is 0.579 bits per heavy atom. The van der Waals surface area contributed by atoms with Crippen molar-refractivity contribution in [2.45, 2.75) is 167 Å². The number of aliphatic hydroxyl groups is 1. The summed E-state index contributed by atoms with van der Waals surface area (Å²) in [4.78, 5) is 35.3. The predicted molar refractivity (Wildman–Crippen MR) is 235 cm³/mol. The maximum Gasteiger partial charge on any atom is 0.472 e. The highest BCUT2D eigenvalue weighted by Gasteiger charge is 2.27. The summed E-state index contributed by atoms with van der Waals surface area (Å²) in [5.41, 5.74) is 0. The van der Waals surface area contributed by atoms with E-state index in [9.17, 15) is 19.0 Å². The van der Waals surface area contributed by atoms with E-state index >= 15 is 0 Å². The van der Waals surface area contributed by atoms with Crippen LogP contribution in [0.2, 0.25) is 0 Å². The molecule has 2 N–H and O–H groups in total. The molecule has 57 heavy (non-hydrogen) atoms. The number of esters is 2. The summed E-state index contributed by atoms with van der Waals surface area (Å²) in [5, 5.41) is 8.80. The molecule has 11 heteroatoms. The van der Waals surface area contributed by atoms with Crippen molar-refractivity contribution in [2.24, 2.45) is 0 Å². The quantitative estimate of drug-likeness (QED) is 0.0204. The molecule has 0 rings (SSSR count). The second-order valence-corrected chi connectivity index (χ2v) is 17.3. The van der Waals surface area contributed by atoms with Crippen molar-refractivity contribution in [3.8, 4) is 0 Å². The van der Waals surface area contributed by atoms with E-state index in [1.54, 1.807) is 0 Å². The van der Waals surface area contributed by atoms with E-state index in [1.807, 2.05) is 27.2 Å². The molecule has 2 atom stereocenters. The number of unbranched alkanes of at least 4 members (excludes halogenated alkanes) is 15. The second-order valence-electron chi connectivity index (χ2n) is 15.8. The van der Waals surface area contributed by atoms with Crippen LogP contribution in [0.15, 0.2) is 60.8 Å². The van der Waals surface area contributed by atoms with Crippen molar-refractivity contribution in [2.75, 3.05) is 54.1 Å². The number of carbonyl (C=O) groups excluding carboxylic acids is 2. The van der Waals surface area contributed by atoms with Gasteiger partial charge in [0.2, 0.25) is 0 Å². The van der Waals surface area contributed by atoms with Gasteiger partial charge in [0.1, 0.15) is 19.8 Å². The summed E-state index contributed by atoms with van der Waals surface area (Å²) in [5.74, 6) is -0.892. The number of phosphoric acid groups is 1. The van der Waals surface area contributed by atoms with Gasteiger partial charge in [-0.2, -0.15) is 0 Å². The van der Waals surface area contributed by atoms with E-state index in [1.165, 1.54) is 44.9 Å².